The number of esters is 1. The lowest BCUT2D eigenvalue weighted by atomic mass is 10.0. The Bertz CT molecular complexity index is 418. The molecule has 0 spiro atoms. The van der Waals surface area contributed by atoms with Gasteiger partial charge >= 0.3 is 5.97 Å². The number of aromatic hydroxyl groups is 1. The summed E-state index contributed by atoms with van der Waals surface area (Å²) in [6.07, 6.45) is 0. The molecule has 1 N–H and O–H groups in total. The molecule has 0 aliphatic heterocycles. The van der Waals surface area contributed by atoms with Crippen LogP contribution in [0.5, 0.6) is 5.75 Å². The number of nitriles is 1. The van der Waals surface area contributed by atoms with Gasteiger partial charge in [0.15, 0.2) is 0 Å². The number of aryl methyl sites for hydroxylation is 1. The Morgan fingerprint density at radius 2 is 2.21 bits per heavy atom. The maximum absolute atomic E-state index is 11.3. The van der Waals surface area contributed by atoms with Crippen molar-refractivity contribution in [1.29, 1.82) is 5.26 Å². The van der Waals surface area contributed by atoms with E-state index in [9.17, 15) is 9.90 Å². The Morgan fingerprint density at radius 1 is 1.57 bits per heavy atom. The molecule has 14 heavy (non-hydrogen) atoms. The minimum atomic E-state index is -0.570. The SMILES string of the molecule is COC(=O)c1c(C)cc(O)cc1C#N. The molecule has 4 heteroatoms. The summed E-state index contributed by atoms with van der Waals surface area (Å²) >= 11 is 0. The van der Waals surface area contributed by atoms with Crippen molar-refractivity contribution in [2.75, 3.05) is 7.11 Å². The van der Waals surface area contributed by atoms with Gasteiger partial charge in [-0.25, -0.2) is 4.79 Å². The van der Waals surface area contributed by atoms with Gasteiger partial charge < -0.3 is 9.84 Å². The van der Waals surface area contributed by atoms with Gasteiger partial charge in [-0.15, -0.1) is 0 Å². The second-order valence-electron chi connectivity index (χ2n) is 2.79. The van der Waals surface area contributed by atoms with Crippen LogP contribution in [0.25, 0.3) is 0 Å². The molecular weight excluding hydrogens is 182 g/mol. The Morgan fingerprint density at radius 3 is 2.71 bits per heavy atom. The van der Waals surface area contributed by atoms with E-state index in [1.807, 2.05) is 6.07 Å². The van der Waals surface area contributed by atoms with Crippen molar-refractivity contribution in [3.8, 4) is 11.8 Å². The van der Waals surface area contributed by atoms with E-state index >= 15 is 0 Å². The summed E-state index contributed by atoms with van der Waals surface area (Å²) in [4.78, 5) is 11.3. The van der Waals surface area contributed by atoms with Gasteiger partial charge in [0, 0.05) is 0 Å². The van der Waals surface area contributed by atoms with Crippen molar-refractivity contribution >= 4 is 5.97 Å². The monoisotopic (exact) mass is 191 g/mol. The van der Waals surface area contributed by atoms with Crippen LogP contribution in [0.1, 0.15) is 21.5 Å². The molecule has 0 unspecified atom stereocenters. The first-order valence-corrected chi connectivity index (χ1v) is 3.92. The summed E-state index contributed by atoms with van der Waals surface area (Å²) in [5.41, 5.74) is 0.843. The fraction of sp³-hybridized carbons (Fsp3) is 0.200. The van der Waals surface area contributed by atoms with Crippen LogP contribution in [0.3, 0.4) is 0 Å². The Kier molecular flexibility index (Phi) is 2.73. The minimum Gasteiger partial charge on any atom is -0.508 e. The largest absolute Gasteiger partial charge is 0.508 e. The quantitative estimate of drug-likeness (QED) is 0.680. The molecule has 0 aliphatic carbocycles. The number of carbonyl (C=O) groups excluding carboxylic acids is 1. The molecule has 0 saturated carbocycles. The molecule has 72 valence electrons. The zero-order valence-corrected chi connectivity index (χ0v) is 7.87. The highest BCUT2D eigenvalue weighted by atomic mass is 16.5. The summed E-state index contributed by atoms with van der Waals surface area (Å²) in [6.45, 7) is 1.63. The molecule has 0 aliphatic rings. The van der Waals surface area contributed by atoms with Gasteiger partial charge in [0.25, 0.3) is 0 Å². The van der Waals surface area contributed by atoms with E-state index in [0.29, 0.717) is 5.56 Å². The predicted octanol–water partition coefficient (Wildman–Crippen LogP) is 1.36. The van der Waals surface area contributed by atoms with Crippen molar-refractivity contribution in [2.24, 2.45) is 0 Å². The van der Waals surface area contributed by atoms with Gasteiger partial charge in [0.1, 0.15) is 11.8 Å². The van der Waals surface area contributed by atoms with E-state index in [-0.39, 0.29) is 16.9 Å². The molecule has 0 aromatic heterocycles. The van der Waals surface area contributed by atoms with Crippen LogP contribution in [-0.4, -0.2) is 18.2 Å². The maximum atomic E-state index is 11.3. The zero-order chi connectivity index (χ0) is 10.7. The normalized spacial score (nSPS) is 9.21. The average Bonchev–Trinajstić information content (AvgIpc) is 2.15. The predicted molar refractivity (Wildman–Crippen MR) is 48.9 cm³/mol. The Balaban J connectivity index is 3.42. The Hall–Kier alpha value is -2.02. The summed E-state index contributed by atoms with van der Waals surface area (Å²) in [7, 11) is 1.25. The van der Waals surface area contributed by atoms with Crippen LogP contribution >= 0.6 is 0 Å². The molecule has 1 aromatic carbocycles. The molecule has 4 nitrogen and oxygen atoms in total. The second kappa shape index (κ2) is 3.79. The molecule has 0 saturated heterocycles. The number of phenols is 1. The number of benzene rings is 1. The third-order valence-corrected chi connectivity index (χ3v) is 1.83. The molecule has 1 rings (SSSR count). The van der Waals surface area contributed by atoms with E-state index in [1.54, 1.807) is 6.92 Å². The number of methoxy groups -OCH3 is 1. The molecule has 0 fully saturated rings. The summed E-state index contributed by atoms with van der Waals surface area (Å²) in [5, 5.41) is 17.9. The van der Waals surface area contributed by atoms with E-state index in [0.717, 1.165) is 0 Å². The molecule has 0 bridgehead atoms. The molecular formula is C10H9NO3. The highest BCUT2D eigenvalue weighted by molar-refractivity contribution is 5.94. The highest BCUT2D eigenvalue weighted by Crippen LogP contribution is 2.21. The van der Waals surface area contributed by atoms with E-state index in [1.165, 1.54) is 19.2 Å². The van der Waals surface area contributed by atoms with E-state index in [4.69, 9.17) is 5.26 Å². The lowest BCUT2D eigenvalue weighted by Crippen LogP contribution is -2.06. The van der Waals surface area contributed by atoms with E-state index in [2.05, 4.69) is 4.74 Å². The second-order valence-corrected chi connectivity index (χ2v) is 2.79. The topological polar surface area (TPSA) is 70.3 Å². The third-order valence-electron chi connectivity index (χ3n) is 1.83. The van der Waals surface area contributed by atoms with Gasteiger partial charge in [-0.1, -0.05) is 0 Å². The molecule has 0 heterocycles. The van der Waals surface area contributed by atoms with Crippen LogP contribution in [0.15, 0.2) is 12.1 Å². The van der Waals surface area contributed by atoms with Crippen LogP contribution < -0.4 is 0 Å². The van der Waals surface area contributed by atoms with Crippen LogP contribution in [0.4, 0.5) is 0 Å². The van der Waals surface area contributed by atoms with Crippen molar-refractivity contribution < 1.29 is 14.6 Å². The van der Waals surface area contributed by atoms with Gasteiger partial charge in [0.2, 0.25) is 0 Å². The third kappa shape index (κ3) is 1.67. The van der Waals surface area contributed by atoms with Crippen molar-refractivity contribution in [2.45, 2.75) is 6.92 Å². The zero-order valence-electron chi connectivity index (χ0n) is 7.87. The lowest BCUT2D eigenvalue weighted by molar-refractivity contribution is 0.0599. The van der Waals surface area contributed by atoms with Crippen LogP contribution in [-0.2, 0) is 4.74 Å². The number of hydrogen-bond donors (Lipinski definition) is 1. The van der Waals surface area contributed by atoms with Crippen molar-refractivity contribution in [1.82, 2.24) is 0 Å². The maximum Gasteiger partial charge on any atom is 0.339 e. The smallest absolute Gasteiger partial charge is 0.339 e. The van der Waals surface area contributed by atoms with Gasteiger partial charge in [-0.05, 0) is 24.6 Å². The number of carbonyl (C=O) groups is 1. The first-order valence-electron chi connectivity index (χ1n) is 3.92. The molecule has 0 radical (unpaired) electrons. The number of phenolic OH excluding ortho intramolecular Hbond substituents is 1. The van der Waals surface area contributed by atoms with Crippen molar-refractivity contribution in [3.63, 3.8) is 0 Å². The van der Waals surface area contributed by atoms with Crippen molar-refractivity contribution in [3.05, 3.63) is 28.8 Å². The lowest BCUT2D eigenvalue weighted by Gasteiger charge is -2.06. The Labute approximate surface area is 81.4 Å². The van der Waals surface area contributed by atoms with Gasteiger partial charge in [0.05, 0.1) is 18.2 Å². The van der Waals surface area contributed by atoms with Gasteiger partial charge in [-0.2, -0.15) is 5.26 Å². The summed E-state index contributed by atoms with van der Waals surface area (Å²) in [6, 6.07) is 4.48. The number of rotatable bonds is 1. The summed E-state index contributed by atoms with van der Waals surface area (Å²) in [5.74, 6) is -0.606. The average molecular weight is 191 g/mol. The fourth-order valence-electron chi connectivity index (χ4n) is 1.23. The number of nitrogens with zero attached hydrogens (tertiary/aromatic N) is 1. The fourth-order valence-corrected chi connectivity index (χ4v) is 1.23. The molecule has 0 atom stereocenters. The van der Waals surface area contributed by atoms with Crippen LogP contribution in [0.2, 0.25) is 0 Å². The molecule has 0 amide bonds. The minimum absolute atomic E-state index is 0.0355. The first kappa shape index (κ1) is 10.1. The first-order chi connectivity index (χ1) is 6.60. The van der Waals surface area contributed by atoms with Gasteiger partial charge in [-0.3, -0.25) is 0 Å². The standard InChI is InChI=1S/C10H9NO3/c1-6-3-8(12)4-7(5-11)9(6)10(13)14-2/h3-4,12H,1-2H3. The van der Waals surface area contributed by atoms with E-state index < -0.39 is 5.97 Å². The molecule has 1 aromatic rings. The number of ether oxygens (including phenoxy) is 1. The number of hydrogen-bond acceptors (Lipinski definition) is 4. The summed E-state index contributed by atoms with van der Waals surface area (Å²) < 4.78 is 4.53. The highest BCUT2D eigenvalue weighted by Gasteiger charge is 2.15. The van der Waals surface area contributed by atoms with Crippen LogP contribution in [0, 0.1) is 18.3 Å².